The number of allylic oxidation sites excluding steroid dienone is 14. The number of hydrogen-bond donors (Lipinski definition) is 2. The summed E-state index contributed by atoms with van der Waals surface area (Å²) in [6.45, 7) is 6.39. The highest BCUT2D eigenvalue weighted by Gasteiger charge is 2.34. The second-order valence-electron chi connectivity index (χ2n) is 15.5. The van der Waals surface area contributed by atoms with Crippen molar-refractivity contribution in [2.45, 2.75) is 76.9 Å². The van der Waals surface area contributed by atoms with Crippen LogP contribution in [0.5, 0.6) is 0 Å². The van der Waals surface area contributed by atoms with Crippen molar-refractivity contribution in [1.29, 1.82) is 0 Å². The number of nitrogens with zero attached hydrogens (tertiary/aromatic N) is 2. The molecule has 0 bridgehead atoms. The molecule has 2 N–H and O–H groups in total. The third kappa shape index (κ3) is 6.56. The first-order chi connectivity index (χ1) is 25.9. The molecule has 53 heavy (non-hydrogen) atoms. The molecular formula is C49H48N4. The Morgan fingerprint density at radius 1 is 0.830 bits per heavy atom. The zero-order valence-electron chi connectivity index (χ0n) is 31.1. The second-order valence-corrected chi connectivity index (χ2v) is 15.5. The van der Waals surface area contributed by atoms with E-state index in [4.69, 9.17) is 4.99 Å². The van der Waals surface area contributed by atoms with Crippen LogP contribution < -0.4 is 21.1 Å². The normalized spacial score (nSPS) is 27.2. The van der Waals surface area contributed by atoms with E-state index in [2.05, 4.69) is 163 Å². The molecule has 0 spiro atoms. The maximum absolute atomic E-state index is 5.61. The Labute approximate surface area is 314 Å². The smallest absolute Gasteiger partial charge is 0.149 e. The summed E-state index contributed by atoms with van der Waals surface area (Å²) in [6.07, 6.45) is 40.5. The quantitative estimate of drug-likeness (QED) is 0.318. The van der Waals surface area contributed by atoms with Gasteiger partial charge in [0.25, 0.3) is 0 Å². The summed E-state index contributed by atoms with van der Waals surface area (Å²) in [5, 5.41) is 10.2. The molecule has 2 aromatic rings. The first-order valence-corrected chi connectivity index (χ1v) is 19.4. The lowest BCUT2D eigenvalue weighted by molar-refractivity contribution is 0.460. The van der Waals surface area contributed by atoms with Gasteiger partial charge in [-0.2, -0.15) is 0 Å². The van der Waals surface area contributed by atoms with E-state index in [1.165, 1.54) is 55.0 Å². The third-order valence-corrected chi connectivity index (χ3v) is 11.7. The lowest BCUT2D eigenvalue weighted by Crippen LogP contribution is -2.45. The number of nitrogens with one attached hydrogen (secondary N) is 2. The molecule has 2 aromatic carbocycles. The van der Waals surface area contributed by atoms with Crippen LogP contribution in [0, 0.1) is 5.92 Å². The van der Waals surface area contributed by atoms with Crippen molar-refractivity contribution in [1.82, 2.24) is 10.6 Å². The predicted octanol–water partition coefficient (Wildman–Crippen LogP) is 8.99. The van der Waals surface area contributed by atoms with Crippen LogP contribution in [0.2, 0.25) is 0 Å². The number of fused-ring (bicyclic) bond motifs is 2. The van der Waals surface area contributed by atoms with Crippen LogP contribution in [0.3, 0.4) is 0 Å². The standard InChI is InChI=1S/C49H48N4/c1-32-26-46(51-33(2)50-32)36-24-22-34(23-25-36)38-27-39(45-30-37-16-10-11-19-42(37)43-20-12-13-21-44(43)45)29-40(28-38)48-31-47(35-14-6-4-7-15-35)52-49(3,53-48)41-17-8-5-9-18-41/h5-6,8,10-17,19-22,24-29,31,34,37,46,52H,4,7,9,18,23,30H2,1-3H3,(H,50,51)/t34?,37?,46?,49-/m1/s1. The van der Waals surface area contributed by atoms with Crippen LogP contribution >= 0.6 is 0 Å². The van der Waals surface area contributed by atoms with Crippen LogP contribution in [0.15, 0.2) is 172 Å². The topological polar surface area (TPSA) is 48.8 Å². The van der Waals surface area contributed by atoms with Gasteiger partial charge in [0.1, 0.15) is 5.66 Å². The van der Waals surface area contributed by atoms with Crippen LogP contribution in [-0.2, 0) is 0 Å². The number of aliphatic imine (C=N–C) groups is 2. The zero-order valence-corrected chi connectivity index (χ0v) is 31.1. The van der Waals surface area contributed by atoms with E-state index in [9.17, 15) is 0 Å². The molecule has 0 fully saturated rings. The van der Waals surface area contributed by atoms with Gasteiger partial charge in [0.2, 0.25) is 0 Å². The van der Waals surface area contributed by atoms with Gasteiger partial charge in [-0.25, -0.2) is 4.99 Å². The number of benzene rings is 2. The zero-order chi connectivity index (χ0) is 35.9. The van der Waals surface area contributed by atoms with E-state index in [1.807, 2.05) is 6.92 Å². The van der Waals surface area contributed by atoms with Crippen molar-refractivity contribution in [2.75, 3.05) is 0 Å². The van der Waals surface area contributed by atoms with Gasteiger partial charge in [-0.15, -0.1) is 0 Å². The highest BCUT2D eigenvalue weighted by atomic mass is 15.2. The molecule has 0 saturated heterocycles. The average molecular weight is 693 g/mol. The Morgan fingerprint density at radius 3 is 2.51 bits per heavy atom. The number of amidine groups is 1. The molecule has 7 aliphatic rings. The van der Waals surface area contributed by atoms with Crippen molar-refractivity contribution < 1.29 is 0 Å². The molecule has 2 heterocycles. The van der Waals surface area contributed by atoms with Crippen LogP contribution in [-0.4, -0.2) is 23.3 Å². The van der Waals surface area contributed by atoms with Gasteiger partial charge >= 0.3 is 0 Å². The summed E-state index contributed by atoms with van der Waals surface area (Å²) >= 11 is 0. The lowest BCUT2D eigenvalue weighted by Gasteiger charge is -2.37. The molecule has 264 valence electrons. The molecule has 4 nitrogen and oxygen atoms in total. The van der Waals surface area contributed by atoms with Gasteiger partial charge < -0.3 is 10.6 Å². The summed E-state index contributed by atoms with van der Waals surface area (Å²) in [4.78, 5) is 10.2. The van der Waals surface area contributed by atoms with E-state index in [0.29, 0.717) is 5.92 Å². The Hall–Kier alpha value is -5.48. The van der Waals surface area contributed by atoms with Gasteiger partial charge in [-0.3, -0.25) is 4.99 Å². The summed E-state index contributed by atoms with van der Waals surface area (Å²) in [5.41, 5.74) is 13.2. The number of rotatable bonds is 6. The van der Waals surface area contributed by atoms with Crippen molar-refractivity contribution >= 4 is 22.7 Å². The number of hydrogen-bond acceptors (Lipinski definition) is 4. The van der Waals surface area contributed by atoms with E-state index in [1.54, 1.807) is 0 Å². The maximum atomic E-state index is 5.61. The van der Waals surface area contributed by atoms with Gasteiger partial charge in [-0.05, 0) is 133 Å². The minimum absolute atomic E-state index is 0.154. The molecule has 4 atom stereocenters. The summed E-state index contributed by atoms with van der Waals surface area (Å²) in [6, 6.07) is 16.5. The molecule has 0 aromatic heterocycles. The SMILES string of the molecule is CC1=CC(C2=CCC(c3cc(C4=N[C@](C)(C5=CC=CCC5)NC(C5=CCCC=C5)=C4)cc(C4=c5ccccc5=C5C=CC=CC5C4)c3)C=C2)NC(C)=N1. The Kier molecular flexibility index (Phi) is 8.70. The molecule has 0 radical (unpaired) electrons. The van der Waals surface area contributed by atoms with Crippen molar-refractivity contribution in [3.63, 3.8) is 0 Å². The second kappa shape index (κ2) is 13.8. The molecular weight excluding hydrogens is 645 g/mol. The van der Waals surface area contributed by atoms with Crippen molar-refractivity contribution in [3.05, 3.63) is 189 Å². The van der Waals surface area contributed by atoms with E-state index >= 15 is 0 Å². The molecule has 9 rings (SSSR count). The van der Waals surface area contributed by atoms with Crippen molar-refractivity contribution in [3.8, 4) is 0 Å². The highest BCUT2D eigenvalue weighted by Crippen LogP contribution is 2.37. The lowest BCUT2D eigenvalue weighted by atomic mass is 9.78. The summed E-state index contributed by atoms with van der Waals surface area (Å²) < 4.78 is 0. The van der Waals surface area contributed by atoms with E-state index in [-0.39, 0.29) is 12.0 Å². The molecule has 0 saturated carbocycles. The largest absolute Gasteiger partial charge is 0.363 e. The predicted molar refractivity (Wildman–Crippen MR) is 222 cm³/mol. The fourth-order valence-electron chi connectivity index (χ4n) is 8.99. The minimum Gasteiger partial charge on any atom is -0.363 e. The van der Waals surface area contributed by atoms with Gasteiger partial charge in [0, 0.05) is 28.8 Å². The van der Waals surface area contributed by atoms with Crippen molar-refractivity contribution in [2.24, 2.45) is 15.9 Å². The monoisotopic (exact) mass is 692 g/mol. The highest BCUT2D eigenvalue weighted by molar-refractivity contribution is 6.11. The Morgan fingerprint density at radius 2 is 1.72 bits per heavy atom. The van der Waals surface area contributed by atoms with Crippen LogP contribution in [0.4, 0.5) is 0 Å². The van der Waals surface area contributed by atoms with Crippen LogP contribution in [0.25, 0.3) is 11.1 Å². The fraction of sp³-hybridized carbons (Fsp3) is 0.265. The van der Waals surface area contributed by atoms with E-state index < -0.39 is 5.66 Å². The Balaban J connectivity index is 1.20. The molecule has 4 heteroatoms. The summed E-state index contributed by atoms with van der Waals surface area (Å²) in [5.74, 6) is 1.59. The van der Waals surface area contributed by atoms with Gasteiger partial charge in [0.05, 0.1) is 17.6 Å². The van der Waals surface area contributed by atoms with Gasteiger partial charge in [0.15, 0.2) is 0 Å². The van der Waals surface area contributed by atoms with Crippen LogP contribution in [0.1, 0.15) is 81.9 Å². The molecule has 2 aliphatic heterocycles. The maximum Gasteiger partial charge on any atom is 0.149 e. The molecule has 3 unspecified atom stereocenters. The molecule has 5 aliphatic carbocycles. The summed E-state index contributed by atoms with van der Waals surface area (Å²) in [7, 11) is 0. The minimum atomic E-state index is -0.539. The Bertz CT molecular complexity index is 2390. The first kappa shape index (κ1) is 33.4. The molecule has 0 amide bonds. The van der Waals surface area contributed by atoms with Gasteiger partial charge in [-0.1, -0.05) is 109 Å². The third-order valence-electron chi connectivity index (χ3n) is 11.7. The van der Waals surface area contributed by atoms with E-state index in [0.717, 1.165) is 61.5 Å². The average Bonchev–Trinajstić information content (AvgIpc) is 3.20. The fourth-order valence-corrected chi connectivity index (χ4v) is 8.99. The first-order valence-electron chi connectivity index (χ1n) is 19.4.